The largest absolute Gasteiger partial charge is 0.482 e. The van der Waals surface area contributed by atoms with Crippen LogP contribution in [0, 0.1) is 5.41 Å². The number of hydrogen-bond donors (Lipinski definition) is 2. The maximum absolute atomic E-state index is 13.7. The molecule has 2 aliphatic carbocycles. The van der Waals surface area contributed by atoms with Crippen LogP contribution in [0.5, 0.6) is 5.75 Å². The molecule has 7 nitrogen and oxygen atoms in total. The van der Waals surface area contributed by atoms with Gasteiger partial charge in [-0.1, -0.05) is 56.1 Å². The number of nitrogens with one attached hydrogen (secondary N) is 2. The molecule has 1 aromatic heterocycles. The molecule has 1 fully saturated rings. The Morgan fingerprint density at radius 3 is 2.32 bits per heavy atom. The van der Waals surface area contributed by atoms with Gasteiger partial charge in [0.2, 0.25) is 0 Å². The second kappa shape index (κ2) is 7.82. The Balaban J connectivity index is 1.37. The van der Waals surface area contributed by atoms with Crippen molar-refractivity contribution in [3.63, 3.8) is 0 Å². The van der Waals surface area contributed by atoms with Crippen molar-refractivity contribution >= 4 is 46.0 Å². The van der Waals surface area contributed by atoms with Gasteiger partial charge in [0.05, 0.1) is 27.4 Å². The molecule has 0 spiro atoms. The first-order valence-electron chi connectivity index (χ1n) is 11.0. The van der Waals surface area contributed by atoms with E-state index < -0.39 is 16.7 Å². The number of nitrogens with zero attached hydrogens (tertiary/aromatic N) is 2. The molecule has 2 amide bonds. The van der Waals surface area contributed by atoms with Crippen molar-refractivity contribution in [2.75, 3.05) is 6.61 Å². The van der Waals surface area contributed by atoms with Crippen molar-refractivity contribution in [3.05, 3.63) is 63.9 Å². The van der Waals surface area contributed by atoms with E-state index in [0.717, 1.165) is 23.1 Å². The first-order chi connectivity index (χ1) is 16.1. The Kier molecular flexibility index (Phi) is 5.26. The highest BCUT2D eigenvalue weighted by molar-refractivity contribution is 6.35. The number of fused-ring (bicyclic) bond motifs is 6. The quantitative estimate of drug-likeness (QED) is 0.516. The summed E-state index contributed by atoms with van der Waals surface area (Å²) in [5.74, 6) is -0.495. The van der Waals surface area contributed by atoms with Crippen molar-refractivity contribution in [2.24, 2.45) is 5.41 Å². The molecule has 5 rings (SSSR count). The van der Waals surface area contributed by atoms with Gasteiger partial charge in [0.1, 0.15) is 11.2 Å². The summed E-state index contributed by atoms with van der Waals surface area (Å²) >= 11 is 12.0. The molecule has 2 aromatic carbocycles. The normalized spacial score (nSPS) is 24.0. The summed E-state index contributed by atoms with van der Waals surface area (Å²) in [6.45, 7) is 6.00. The summed E-state index contributed by atoms with van der Waals surface area (Å²) in [6.07, 6.45) is 1.43. The minimum absolute atomic E-state index is 0.295. The van der Waals surface area contributed by atoms with E-state index in [-0.39, 0.29) is 17.9 Å². The predicted octanol–water partition coefficient (Wildman–Crippen LogP) is 4.49. The molecule has 2 bridgehead atoms. The second-order valence-corrected chi connectivity index (χ2v) is 10.5. The van der Waals surface area contributed by atoms with Crippen LogP contribution >= 0.6 is 23.2 Å². The highest BCUT2D eigenvalue weighted by atomic mass is 35.5. The molecule has 0 aliphatic heterocycles. The smallest absolute Gasteiger partial charge is 0.276 e. The number of carbonyl (C=O) groups is 2. The van der Waals surface area contributed by atoms with Crippen molar-refractivity contribution in [2.45, 2.75) is 44.4 Å². The molecular formula is C25H24Cl2N4O3. The number of benzene rings is 2. The topological polar surface area (TPSA) is 93.2 Å². The summed E-state index contributed by atoms with van der Waals surface area (Å²) in [6, 6.07) is 12.4. The van der Waals surface area contributed by atoms with Crippen molar-refractivity contribution < 1.29 is 14.3 Å². The maximum atomic E-state index is 13.7. The Hall–Kier alpha value is -2.90. The van der Waals surface area contributed by atoms with Crippen LogP contribution in [0.2, 0.25) is 10.0 Å². The minimum Gasteiger partial charge on any atom is -0.482 e. The van der Waals surface area contributed by atoms with E-state index >= 15 is 0 Å². The zero-order valence-electron chi connectivity index (χ0n) is 19.0. The van der Waals surface area contributed by atoms with Gasteiger partial charge in [0.25, 0.3) is 11.8 Å². The maximum Gasteiger partial charge on any atom is 0.276 e. The summed E-state index contributed by atoms with van der Waals surface area (Å²) in [5, 5.41) is 0.760. The Morgan fingerprint density at radius 1 is 0.971 bits per heavy atom. The van der Waals surface area contributed by atoms with Gasteiger partial charge in [-0.15, -0.1) is 0 Å². The molecular weight excluding hydrogens is 475 g/mol. The van der Waals surface area contributed by atoms with E-state index in [9.17, 15) is 9.59 Å². The highest BCUT2D eigenvalue weighted by Crippen LogP contribution is 2.70. The molecule has 9 heteroatoms. The fourth-order valence-electron chi connectivity index (χ4n) is 5.55. The average molecular weight is 499 g/mol. The van der Waals surface area contributed by atoms with Crippen LogP contribution < -0.4 is 15.6 Å². The molecule has 2 atom stereocenters. The van der Waals surface area contributed by atoms with Crippen molar-refractivity contribution in [1.82, 2.24) is 20.8 Å². The first kappa shape index (κ1) is 22.9. The number of rotatable bonds is 4. The van der Waals surface area contributed by atoms with Crippen LogP contribution in [0.4, 0.5) is 0 Å². The van der Waals surface area contributed by atoms with E-state index in [1.165, 1.54) is 6.07 Å². The second-order valence-electron chi connectivity index (χ2n) is 9.64. The highest BCUT2D eigenvalue weighted by Gasteiger charge is 2.73. The summed E-state index contributed by atoms with van der Waals surface area (Å²) in [4.78, 5) is 35.9. The molecule has 0 saturated heterocycles. The van der Waals surface area contributed by atoms with E-state index in [0.29, 0.717) is 27.9 Å². The number of hydrogen-bond acceptors (Lipinski definition) is 5. The predicted molar refractivity (Wildman–Crippen MR) is 130 cm³/mol. The van der Waals surface area contributed by atoms with Gasteiger partial charge >= 0.3 is 0 Å². The van der Waals surface area contributed by atoms with Crippen LogP contribution in [0.15, 0.2) is 42.5 Å². The Labute approximate surface area is 207 Å². The third-order valence-electron chi connectivity index (χ3n) is 7.90. The monoisotopic (exact) mass is 498 g/mol. The number of carbonyl (C=O) groups excluding carboxylic acids is 2. The van der Waals surface area contributed by atoms with E-state index in [1.807, 2.05) is 24.3 Å². The van der Waals surface area contributed by atoms with Gasteiger partial charge in [-0.25, -0.2) is 9.97 Å². The molecule has 1 heterocycles. The van der Waals surface area contributed by atoms with E-state index in [4.69, 9.17) is 37.9 Å². The lowest BCUT2D eigenvalue weighted by Crippen LogP contribution is -2.56. The van der Waals surface area contributed by atoms with Crippen LogP contribution in [-0.2, 0) is 20.4 Å². The number of aromatic nitrogens is 2. The lowest BCUT2D eigenvalue weighted by molar-refractivity contribution is -0.135. The van der Waals surface area contributed by atoms with E-state index in [1.54, 1.807) is 12.1 Å². The standard InChI is InChI=1S/C25H24Cl2N4O3/c1-23(2)24(3)10-11-25(23,21-20(24)28-16-6-4-5-7-17(16)29-21)22(33)31-30-19(32)13-34-18-9-8-14(26)12-15(18)27/h4-9,12H,10-11,13H2,1-3H3,(H,30,32)(H,31,33). The molecule has 176 valence electrons. The van der Waals surface area contributed by atoms with Gasteiger partial charge < -0.3 is 4.74 Å². The van der Waals surface area contributed by atoms with Crippen LogP contribution in [0.3, 0.4) is 0 Å². The summed E-state index contributed by atoms with van der Waals surface area (Å²) < 4.78 is 5.46. The first-order valence-corrected chi connectivity index (χ1v) is 11.8. The third-order valence-corrected chi connectivity index (χ3v) is 8.43. The molecule has 3 aromatic rings. The number of ether oxygens (including phenoxy) is 1. The minimum atomic E-state index is -0.915. The van der Waals surface area contributed by atoms with Crippen molar-refractivity contribution in [3.8, 4) is 5.75 Å². The fraction of sp³-hybridized carbons (Fsp3) is 0.360. The molecule has 2 N–H and O–H groups in total. The molecule has 2 aliphatic rings. The number of halogens is 2. The lowest BCUT2D eigenvalue weighted by Gasteiger charge is -2.39. The molecule has 2 unspecified atom stereocenters. The van der Waals surface area contributed by atoms with Gasteiger partial charge in [0, 0.05) is 10.4 Å². The fourth-order valence-corrected chi connectivity index (χ4v) is 6.02. The average Bonchev–Trinajstić information content (AvgIpc) is 3.10. The number of para-hydroxylation sites is 2. The van der Waals surface area contributed by atoms with Gasteiger partial charge in [-0.05, 0) is 48.6 Å². The number of amides is 2. The summed E-state index contributed by atoms with van der Waals surface area (Å²) in [5.41, 5.74) is 6.54. The summed E-state index contributed by atoms with van der Waals surface area (Å²) in [7, 11) is 0. The SMILES string of the molecule is CC12CCC(C(=O)NNC(=O)COc3ccc(Cl)cc3Cl)(c3nc4ccccc4nc31)C2(C)C. The number of hydrazine groups is 1. The van der Waals surface area contributed by atoms with Crippen molar-refractivity contribution in [1.29, 1.82) is 0 Å². The zero-order valence-corrected chi connectivity index (χ0v) is 20.5. The Morgan fingerprint density at radius 2 is 1.65 bits per heavy atom. The van der Waals surface area contributed by atoms with Crippen LogP contribution in [0.1, 0.15) is 45.0 Å². The lowest BCUT2D eigenvalue weighted by atomic mass is 9.63. The molecule has 34 heavy (non-hydrogen) atoms. The molecule has 1 saturated carbocycles. The van der Waals surface area contributed by atoms with E-state index in [2.05, 4.69) is 31.6 Å². The molecule has 0 radical (unpaired) electrons. The van der Waals surface area contributed by atoms with Gasteiger partial charge in [0.15, 0.2) is 6.61 Å². The zero-order chi connectivity index (χ0) is 24.3. The van der Waals surface area contributed by atoms with Gasteiger partial charge in [-0.2, -0.15) is 0 Å². The third kappa shape index (κ3) is 3.10. The van der Waals surface area contributed by atoms with Gasteiger partial charge in [-0.3, -0.25) is 20.4 Å². The Bertz CT molecular complexity index is 1340. The van der Waals surface area contributed by atoms with Crippen LogP contribution in [0.25, 0.3) is 11.0 Å². The van der Waals surface area contributed by atoms with Crippen LogP contribution in [-0.4, -0.2) is 28.4 Å².